The average Bonchev–Trinajstić information content (AvgIpc) is 3.39. The van der Waals surface area contributed by atoms with Crippen LogP contribution in [0.2, 0.25) is 5.02 Å². The molecule has 5 nitrogen and oxygen atoms in total. The van der Waals surface area contributed by atoms with Crippen molar-refractivity contribution >= 4 is 46.9 Å². The highest BCUT2D eigenvalue weighted by atomic mass is 35.5. The molecule has 3 aromatic rings. The molecule has 2 fully saturated rings. The number of nitrogens with zero attached hydrogens (tertiary/aromatic N) is 5. The Morgan fingerprint density at radius 3 is 2.43 bits per heavy atom. The summed E-state index contributed by atoms with van der Waals surface area (Å²) in [6.07, 6.45) is 13.8. The van der Waals surface area contributed by atoms with Gasteiger partial charge in [0, 0.05) is 29.2 Å². The molecule has 3 heterocycles. The van der Waals surface area contributed by atoms with Crippen molar-refractivity contribution in [2.45, 2.75) is 61.4 Å². The predicted octanol–water partition coefficient (Wildman–Crippen LogP) is 8.15. The topological polar surface area (TPSA) is 44.6 Å². The maximum atomic E-state index is 6.96. The predicted molar refractivity (Wildman–Crippen MR) is 154 cm³/mol. The van der Waals surface area contributed by atoms with Gasteiger partial charge in [0.2, 0.25) is 0 Å². The number of halogens is 1. The summed E-state index contributed by atoms with van der Waals surface area (Å²) in [5.74, 6) is 0.974. The summed E-state index contributed by atoms with van der Waals surface area (Å²) >= 11 is 8.49. The molecule has 6 rings (SSSR count). The molecule has 1 saturated heterocycles. The van der Waals surface area contributed by atoms with Crippen molar-refractivity contribution in [3.8, 4) is 0 Å². The Kier molecular flexibility index (Phi) is 6.72. The molecule has 0 radical (unpaired) electrons. The second kappa shape index (κ2) is 10.1. The first-order chi connectivity index (χ1) is 18.0. The van der Waals surface area contributed by atoms with Crippen molar-refractivity contribution in [3.63, 3.8) is 0 Å². The number of benzene rings is 2. The molecular formula is C30H32ClN5S. The number of anilines is 1. The van der Waals surface area contributed by atoms with Crippen LogP contribution in [0, 0.1) is 5.41 Å². The Balaban J connectivity index is 1.17. The van der Waals surface area contributed by atoms with E-state index in [1.807, 2.05) is 36.9 Å². The van der Waals surface area contributed by atoms with Crippen LogP contribution in [0.1, 0.15) is 62.6 Å². The SMILES string of the molecule is C=C1c2c(ccc(Sc3cnc(N4CCC5(CCCC5)CC4)cn3)c2Cl)N=CN1C(C)c1ccccc1. The molecule has 2 aliphatic heterocycles. The monoisotopic (exact) mass is 529 g/mol. The number of piperidine rings is 1. The summed E-state index contributed by atoms with van der Waals surface area (Å²) in [6.45, 7) is 8.70. The van der Waals surface area contributed by atoms with Crippen LogP contribution in [0.25, 0.3) is 5.70 Å². The quantitative estimate of drug-likeness (QED) is 0.333. The van der Waals surface area contributed by atoms with Crippen molar-refractivity contribution in [2.24, 2.45) is 10.4 Å². The maximum absolute atomic E-state index is 6.96. The molecular weight excluding hydrogens is 498 g/mol. The minimum Gasteiger partial charge on any atom is -0.355 e. The minimum absolute atomic E-state index is 0.0923. The zero-order valence-electron chi connectivity index (χ0n) is 21.2. The summed E-state index contributed by atoms with van der Waals surface area (Å²) in [6, 6.07) is 14.5. The zero-order valence-corrected chi connectivity index (χ0v) is 22.8. The van der Waals surface area contributed by atoms with E-state index in [0.29, 0.717) is 10.4 Å². The van der Waals surface area contributed by atoms with Gasteiger partial charge in [0.15, 0.2) is 0 Å². The first kappa shape index (κ1) is 24.5. The number of aliphatic imine (C=N–C) groups is 1. The highest BCUT2D eigenvalue weighted by Gasteiger charge is 2.37. The molecule has 0 amide bonds. The second-order valence-corrected chi connectivity index (χ2v) is 11.9. The average molecular weight is 530 g/mol. The van der Waals surface area contributed by atoms with E-state index in [1.54, 1.807) is 0 Å². The molecule has 7 heteroatoms. The van der Waals surface area contributed by atoms with Crippen LogP contribution in [0.3, 0.4) is 0 Å². The van der Waals surface area contributed by atoms with Crippen LogP contribution < -0.4 is 4.90 Å². The van der Waals surface area contributed by atoms with Gasteiger partial charge < -0.3 is 9.80 Å². The Hall–Kier alpha value is -2.83. The fraction of sp³-hybridized carbons (Fsp3) is 0.367. The van der Waals surface area contributed by atoms with Crippen LogP contribution in [-0.2, 0) is 0 Å². The van der Waals surface area contributed by atoms with E-state index in [0.717, 1.165) is 45.8 Å². The second-order valence-electron chi connectivity index (χ2n) is 10.5. The van der Waals surface area contributed by atoms with E-state index >= 15 is 0 Å². The first-order valence-electron chi connectivity index (χ1n) is 13.2. The van der Waals surface area contributed by atoms with E-state index in [9.17, 15) is 0 Å². The molecule has 1 atom stereocenters. The molecule has 1 spiro atoms. The maximum Gasteiger partial charge on any atom is 0.147 e. The largest absolute Gasteiger partial charge is 0.355 e. The number of hydrogen-bond donors (Lipinski definition) is 0. The van der Waals surface area contributed by atoms with Crippen LogP contribution >= 0.6 is 23.4 Å². The summed E-state index contributed by atoms with van der Waals surface area (Å²) in [5, 5.41) is 1.48. The Bertz CT molecular complexity index is 1310. The molecule has 0 bridgehead atoms. The number of aromatic nitrogens is 2. The summed E-state index contributed by atoms with van der Waals surface area (Å²) in [5.41, 5.74) is 4.35. The van der Waals surface area contributed by atoms with Crippen molar-refractivity contribution in [1.29, 1.82) is 0 Å². The molecule has 1 aromatic heterocycles. The van der Waals surface area contributed by atoms with Gasteiger partial charge in [0.25, 0.3) is 0 Å². The van der Waals surface area contributed by atoms with Crippen LogP contribution in [0.5, 0.6) is 0 Å². The van der Waals surface area contributed by atoms with Gasteiger partial charge in [-0.3, -0.25) is 0 Å². The normalized spacial score (nSPS) is 19.4. The molecule has 3 aliphatic rings. The van der Waals surface area contributed by atoms with Crippen LogP contribution in [-0.4, -0.2) is 34.3 Å². The van der Waals surface area contributed by atoms with E-state index < -0.39 is 0 Å². The number of fused-ring (bicyclic) bond motifs is 1. The van der Waals surface area contributed by atoms with E-state index in [-0.39, 0.29) is 6.04 Å². The lowest BCUT2D eigenvalue weighted by molar-refractivity contribution is 0.226. The van der Waals surface area contributed by atoms with Gasteiger partial charge in [0.1, 0.15) is 10.8 Å². The fourth-order valence-electron chi connectivity index (χ4n) is 6.03. The van der Waals surface area contributed by atoms with Gasteiger partial charge in [-0.2, -0.15) is 0 Å². The van der Waals surface area contributed by atoms with Gasteiger partial charge in [-0.25, -0.2) is 15.0 Å². The Morgan fingerprint density at radius 1 is 0.973 bits per heavy atom. The fourth-order valence-corrected chi connectivity index (χ4v) is 7.18. The van der Waals surface area contributed by atoms with Gasteiger partial charge in [-0.1, -0.05) is 73.1 Å². The summed E-state index contributed by atoms with van der Waals surface area (Å²) in [4.78, 5) is 19.6. The molecule has 0 N–H and O–H groups in total. The van der Waals surface area contributed by atoms with Gasteiger partial charge >= 0.3 is 0 Å². The molecule has 190 valence electrons. The third-order valence-corrected chi connectivity index (χ3v) is 9.83. The summed E-state index contributed by atoms with van der Waals surface area (Å²) < 4.78 is 0. The van der Waals surface area contributed by atoms with Crippen LogP contribution in [0.15, 0.2) is 76.4 Å². The molecule has 1 saturated carbocycles. The third kappa shape index (κ3) is 4.77. The highest BCUT2D eigenvalue weighted by Crippen LogP contribution is 2.47. The molecule has 1 aliphatic carbocycles. The van der Waals surface area contributed by atoms with Crippen molar-refractivity contribution in [2.75, 3.05) is 18.0 Å². The molecule has 37 heavy (non-hydrogen) atoms. The van der Waals surface area contributed by atoms with Crippen molar-refractivity contribution < 1.29 is 0 Å². The smallest absolute Gasteiger partial charge is 0.147 e. The Morgan fingerprint density at radius 2 is 1.73 bits per heavy atom. The van der Waals surface area contributed by atoms with Gasteiger partial charge in [-0.15, -0.1) is 0 Å². The van der Waals surface area contributed by atoms with Crippen LogP contribution in [0.4, 0.5) is 11.5 Å². The van der Waals surface area contributed by atoms with Gasteiger partial charge in [-0.05, 0) is 55.7 Å². The number of hydrogen-bond acceptors (Lipinski definition) is 6. The number of rotatable bonds is 5. The van der Waals surface area contributed by atoms with Crippen molar-refractivity contribution in [1.82, 2.24) is 14.9 Å². The molecule has 1 unspecified atom stereocenters. The van der Waals surface area contributed by atoms with E-state index in [1.165, 1.54) is 55.9 Å². The lowest BCUT2D eigenvalue weighted by atomic mass is 9.77. The Labute approximate surface area is 228 Å². The minimum atomic E-state index is 0.0923. The van der Waals surface area contributed by atoms with Crippen molar-refractivity contribution in [3.05, 3.63) is 77.6 Å². The lowest BCUT2D eigenvalue weighted by Crippen LogP contribution is -2.39. The highest BCUT2D eigenvalue weighted by molar-refractivity contribution is 7.99. The third-order valence-electron chi connectivity index (χ3n) is 8.35. The van der Waals surface area contributed by atoms with E-state index in [4.69, 9.17) is 21.6 Å². The standard InChI is InChI=1S/C30H32ClN5S/c1-21(23-8-4-3-5-9-23)36-20-34-24-10-11-25(29(31)28(24)22(36)2)37-27-19-32-26(18-33-27)35-16-14-30(15-17-35)12-6-7-13-30/h3-5,8-11,18-21H,2,6-7,12-17H2,1H3. The van der Waals surface area contributed by atoms with E-state index in [2.05, 4.69) is 52.6 Å². The lowest BCUT2D eigenvalue weighted by Gasteiger charge is -2.39. The summed E-state index contributed by atoms with van der Waals surface area (Å²) in [7, 11) is 0. The first-order valence-corrected chi connectivity index (χ1v) is 14.4. The zero-order chi connectivity index (χ0) is 25.4. The molecule has 2 aromatic carbocycles. The van der Waals surface area contributed by atoms with Gasteiger partial charge in [0.05, 0.1) is 35.5 Å².